The fraction of sp³-hybridized carbons (Fsp3) is 0.111. The largest absolute Gasteiger partial charge is 0.497 e. The Hall–Kier alpha value is -3.88. The number of aromatic nitrogens is 1. The number of thiazole rings is 1. The highest BCUT2D eigenvalue weighted by atomic mass is 32.1. The second-order valence-electron chi connectivity index (χ2n) is 7.52. The van der Waals surface area contributed by atoms with Gasteiger partial charge < -0.3 is 9.47 Å². The number of rotatable bonds is 5. The molecule has 0 amide bonds. The normalized spacial score (nSPS) is 12.1. The summed E-state index contributed by atoms with van der Waals surface area (Å²) >= 11 is 1.47. The molecule has 0 saturated carbocycles. The molecular weight excluding hydrogens is 416 g/mol. The van der Waals surface area contributed by atoms with Gasteiger partial charge in [0.15, 0.2) is 0 Å². The average Bonchev–Trinajstić information content (AvgIpc) is 3.47. The molecule has 1 aliphatic carbocycles. The summed E-state index contributed by atoms with van der Waals surface area (Å²) in [6.45, 7) is 0. The maximum absolute atomic E-state index is 9.79. The van der Waals surface area contributed by atoms with E-state index in [1.54, 1.807) is 26.4 Å². The lowest BCUT2D eigenvalue weighted by Crippen LogP contribution is -1.90. The van der Waals surface area contributed by atoms with E-state index in [9.17, 15) is 5.26 Å². The zero-order valence-corrected chi connectivity index (χ0v) is 18.6. The molecule has 0 saturated heterocycles. The summed E-state index contributed by atoms with van der Waals surface area (Å²) in [6, 6.07) is 22.9. The fourth-order valence-electron chi connectivity index (χ4n) is 4.07. The Morgan fingerprint density at radius 2 is 1.84 bits per heavy atom. The SMILES string of the molecule is COc1ccc(/C=C(\C#N)c2nc(-c3ccc4c(c3)Cc3ccccc3-4)cs2)c(OC)c1. The van der Waals surface area contributed by atoms with Gasteiger partial charge in [0.05, 0.1) is 25.5 Å². The van der Waals surface area contributed by atoms with Gasteiger partial charge in [-0.15, -0.1) is 11.3 Å². The van der Waals surface area contributed by atoms with Crippen LogP contribution in [0, 0.1) is 11.3 Å². The molecule has 1 aliphatic rings. The summed E-state index contributed by atoms with van der Waals surface area (Å²) in [5, 5.41) is 12.5. The number of methoxy groups -OCH3 is 2. The van der Waals surface area contributed by atoms with E-state index in [-0.39, 0.29) is 0 Å². The van der Waals surface area contributed by atoms with Gasteiger partial charge in [-0.1, -0.05) is 36.4 Å². The molecule has 0 N–H and O–H groups in total. The molecule has 0 bridgehead atoms. The number of ether oxygens (including phenoxy) is 2. The van der Waals surface area contributed by atoms with Crippen LogP contribution in [0.5, 0.6) is 11.5 Å². The van der Waals surface area contributed by atoms with Crippen molar-refractivity contribution < 1.29 is 9.47 Å². The number of nitriles is 1. The zero-order chi connectivity index (χ0) is 22.1. The molecule has 5 rings (SSSR count). The number of fused-ring (bicyclic) bond motifs is 3. The van der Waals surface area contributed by atoms with Crippen molar-refractivity contribution in [1.82, 2.24) is 4.98 Å². The highest BCUT2D eigenvalue weighted by molar-refractivity contribution is 7.11. The fourth-order valence-corrected chi connectivity index (χ4v) is 4.86. The van der Waals surface area contributed by atoms with Crippen LogP contribution in [0.25, 0.3) is 34.0 Å². The lowest BCUT2D eigenvalue weighted by molar-refractivity contribution is 0.394. The van der Waals surface area contributed by atoms with Gasteiger partial charge in [0.1, 0.15) is 22.6 Å². The summed E-state index contributed by atoms with van der Waals surface area (Å²) in [6.07, 6.45) is 2.75. The van der Waals surface area contributed by atoms with Gasteiger partial charge in [0.25, 0.3) is 0 Å². The van der Waals surface area contributed by atoms with Gasteiger partial charge in [0.2, 0.25) is 0 Å². The summed E-state index contributed by atoms with van der Waals surface area (Å²) in [5.41, 5.74) is 8.54. The minimum Gasteiger partial charge on any atom is -0.497 e. The van der Waals surface area contributed by atoms with Crippen molar-refractivity contribution in [1.29, 1.82) is 5.26 Å². The van der Waals surface area contributed by atoms with Crippen molar-refractivity contribution in [3.05, 3.63) is 87.7 Å². The molecule has 1 heterocycles. The molecule has 0 fully saturated rings. The molecule has 156 valence electrons. The molecule has 0 spiro atoms. The van der Waals surface area contributed by atoms with E-state index in [2.05, 4.69) is 48.5 Å². The molecular formula is C27H20N2O2S. The molecule has 32 heavy (non-hydrogen) atoms. The van der Waals surface area contributed by atoms with Gasteiger partial charge in [-0.3, -0.25) is 0 Å². The molecule has 0 aliphatic heterocycles. The highest BCUT2D eigenvalue weighted by Gasteiger charge is 2.19. The van der Waals surface area contributed by atoms with Crippen molar-refractivity contribution >= 4 is 23.0 Å². The summed E-state index contributed by atoms with van der Waals surface area (Å²) in [4.78, 5) is 4.77. The Kier molecular flexibility index (Phi) is 5.22. The van der Waals surface area contributed by atoms with Crippen molar-refractivity contribution in [2.75, 3.05) is 14.2 Å². The summed E-state index contributed by atoms with van der Waals surface area (Å²) in [7, 11) is 3.21. The van der Waals surface area contributed by atoms with Crippen LogP contribution >= 0.6 is 11.3 Å². The Balaban J connectivity index is 1.47. The summed E-state index contributed by atoms with van der Waals surface area (Å²) < 4.78 is 10.7. The van der Waals surface area contributed by atoms with Crippen LogP contribution in [0.15, 0.2) is 66.0 Å². The molecule has 0 unspecified atom stereocenters. The van der Waals surface area contributed by atoms with E-state index < -0.39 is 0 Å². The van der Waals surface area contributed by atoms with E-state index in [4.69, 9.17) is 14.5 Å². The maximum atomic E-state index is 9.79. The third kappa shape index (κ3) is 3.55. The highest BCUT2D eigenvalue weighted by Crippen LogP contribution is 2.39. The number of benzene rings is 3. The van der Waals surface area contributed by atoms with E-state index in [0.717, 1.165) is 23.2 Å². The molecule has 4 nitrogen and oxygen atoms in total. The smallest absolute Gasteiger partial charge is 0.134 e. The molecule has 0 atom stereocenters. The van der Waals surface area contributed by atoms with Gasteiger partial charge in [-0.25, -0.2) is 4.98 Å². The minimum absolute atomic E-state index is 0.498. The third-order valence-corrected chi connectivity index (χ3v) is 6.56. The van der Waals surface area contributed by atoms with Crippen LogP contribution in [-0.2, 0) is 6.42 Å². The minimum atomic E-state index is 0.498. The van der Waals surface area contributed by atoms with E-state index in [1.165, 1.54) is 33.6 Å². The molecule has 4 aromatic rings. The third-order valence-electron chi connectivity index (χ3n) is 5.68. The lowest BCUT2D eigenvalue weighted by Gasteiger charge is -2.07. The zero-order valence-electron chi connectivity index (χ0n) is 17.8. The monoisotopic (exact) mass is 436 g/mol. The first-order valence-corrected chi connectivity index (χ1v) is 11.1. The first-order chi connectivity index (χ1) is 15.7. The first-order valence-electron chi connectivity index (χ1n) is 10.2. The van der Waals surface area contributed by atoms with Crippen molar-refractivity contribution in [2.45, 2.75) is 6.42 Å². The molecule has 0 radical (unpaired) electrons. The Labute approximate surface area is 191 Å². The Morgan fingerprint density at radius 1 is 1.00 bits per heavy atom. The van der Waals surface area contributed by atoms with Crippen LogP contribution in [0.1, 0.15) is 21.7 Å². The number of allylic oxidation sites excluding steroid dienone is 1. The maximum Gasteiger partial charge on any atom is 0.134 e. The Bertz CT molecular complexity index is 1400. The standard InChI is InChI=1S/C27H20N2O2S/c1-30-22-9-7-19(26(14-22)31-2)13-21(15-28)27-29-25(16-32-27)18-8-10-24-20(12-18)11-17-5-3-4-6-23(17)24/h3-10,12-14,16H,11H2,1-2H3/b21-13+. The lowest BCUT2D eigenvalue weighted by atomic mass is 10.0. The quantitative estimate of drug-likeness (QED) is 0.297. The summed E-state index contributed by atoms with van der Waals surface area (Å²) in [5.74, 6) is 1.35. The van der Waals surface area contributed by atoms with Gasteiger partial charge in [-0.2, -0.15) is 5.26 Å². The van der Waals surface area contributed by atoms with Gasteiger partial charge >= 0.3 is 0 Å². The van der Waals surface area contributed by atoms with Crippen molar-refractivity contribution in [2.24, 2.45) is 0 Å². The predicted octanol–water partition coefficient (Wildman–Crippen LogP) is 6.46. The van der Waals surface area contributed by atoms with Gasteiger partial charge in [-0.05, 0) is 52.9 Å². The van der Waals surface area contributed by atoms with Crippen LogP contribution in [0.4, 0.5) is 0 Å². The van der Waals surface area contributed by atoms with E-state index in [1.807, 2.05) is 17.5 Å². The number of hydrogen-bond donors (Lipinski definition) is 0. The van der Waals surface area contributed by atoms with Crippen LogP contribution < -0.4 is 9.47 Å². The van der Waals surface area contributed by atoms with Gasteiger partial charge in [0, 0.05) is 22.6 Å². The van der Waals surface area contributed by atoms with E-state index in [0.29, 0.717) is 22.1 Å². The number of nitrogens with zero attached hydrogens (tertiary/aromatic N) is 2. The number of hydrogen-bond acceptors (Lipinski definition) is 5. The molecule has 5 heteroatoms. The van der Waals surface area contributed by atoms with Crippen molar-refractivity contribution in [3.8, 4) is 40.0 Å². The molecule has 1 aromatic heterocycles. The second-order valence-corrected chi connectivity index (χ2v) is 8.38. The van der Waals surface area contributed by atoms with Crippen LogP contribution in [0.2, 0.25) is 0 Å². The van der Waals surface area contributed by atoms with E-state index >= 15 is 0 Å². The first kappa shape index (κ1) is 20.0. The molecule has 3 aromatic carbocycles. The Morgan fingerprint density at radius 3 is 2.66 bits per heavy atom. The van der Waals surface area contributed by atoms with Crippen molar-refractivity contribution in [3.63, 3.8) is 0 Å². The van der Waals surface area contributed by atoms with Crippen LogP contribution in [-0.4, -0.2) is 19.2 Å². The predicted molar refractivity (Wildman–Crippen MR) is 129 cm³/mol. The topological polar surface area (TPSA) is 55.1 Å². The van der Waals surface area contributed by atoms with Crippen LogP contribution in [0.3, 0.4) is 0 Å². The second kappa shape index (κ2) is 8.33. The average molecular weight is 437 g/mol.